The summed E-state index contributed by atoms with van der Waals surface area (Å²) >= 11 is 0. The zero-order valence-electron chi connectivity index (χ0n) is 19.8. The largest absolute Gasteiger partial charge is 0.481 e. The monoisotopic (exact) mass is 477 g/mol. The summed E-state index contributed by atoms with van der Waals surface area (Å²) in [6, 6.07) is 34.1. The number of amides is 1. The van der Waals surface area contributed by atoms with Crippen LogP contribution in [0.5, 0.6) is 0 Å². The van der Waals surface area contributed by atoms with E-state index in [1.807, 2.05) is 78.9 Å². The molecule has 1 aliphatic rings. The molecule has 0 spiro atoms. The average Bonchev–Trinajstić information content (AvgIpc) is 3.24. The standard InChI is InChI=1S/C31H27NO4/c33-30(34)24(18-21-14-16-23(17-15-21)22-8-2-1-3-9-22)19-32-31(35)36-20-29-27-12-6-4-10-25(27)26-11-5-7-13-28(26)29/h1-17,24,29H,18-20H2,(H,32,35)(H,33,34)/t24-/m1/s1. The van der Waals surface area contributed by atoms with Crippen LogP contribution in [-0.4, -0.2) is 30.3 Å². The van der Waals surface area contributed by atoms with Crippen LogP contribution in [0.3, 0.4) is 0 Å². The van der Waals surface area contributed by atoms with Gasteiger partial charge in [0.25, 0.3) is 0 Å². The molecule has 0 saturated carbocycles. The van der Waals surface area contributed by atoms with Crippen molar-refractivity contribution in [2.75, 3.05) is 13.2 Å². The maximum absolute atomic E-state index is 12.5. The molecule has 0 bridgehead atoms. The number of hydrogen-bond donors (Lipinski definition) is 2. The van der Waals surface area contributed by atoms with E-state index >= 15 is 0 Å². The summed E-state index contributed by atoms with van der Waals surface area (Å²) in [4.78, 5) is 24.3. The summed E-state index contributed by atoms with van der Waals surface area (Å²) in [5.74, 6) is -1.75. The van der Waals surface area contributed by atoms with Gasteiger partial charge in [-0.3, -0.25) is 4.79 Å². The molecule has 0 saturated heterocycles. The van der Waals surface area contributed by atoms with E-state index in [1.165, 1.54) is 0 Å². The lowest BCUT2D eigenvalue weighted by molar-refractivity contribution is -0.141. The van der Waals surface area contributed by atoms with Gasteiger partial charge < -0.3 is 15.2 Å². The molecular formula is C31H27NO4. The number of carbonyl (C=O) groups is 2. The predicted octanol–water partition coefficient (Wildman–Crippen LogP) is 6.14. The zero-order valence-corrected chi connectivity index (χ0v) is 19.8. The maximum Gasteiger partial charge on any atom is 0.407 e. The molecule has 1 aliphatic carbocycles. The van der Waals surface area contributed by atoms with Crippen LogP contribution in [0.2, 0.25) is 0 Å². The highest BCUT2D eigenvalue weighted by atomic mass is 16.5. The second-order valence-corrected chi connectivity index (χ2v) is 9.01. The molecule has 1 amide bonds. The number of carboxylic acid groups (broad SMARTS) is 1. The van der Waals surface area contributed by atoms with Gasteiger partial charge in [-0.15, -0.1) is 0 Å². The van der Waals surface area contributed by atoms with Crippen LogP contribution in [0, 0.1) is 5.92 Å². The van der Waals surface area contributed by atoms with Crippen LogP contribution in [0.15, 0.2) is 103 Å². The van der Waals surface area contributed by atoms with Gasteiger partial charge in [0.2, 0.25) is 0 Å². The van der Waals surface area contributed by atoms with Crippen molar-refractivity contribution in [3.8, 4) is 22.3 Å². The van der Waals surface area contributed by atoms with E-state index in [2.05, 4.69) is 29.6 Å². The lowest BCUT2D eigenvalue weighted by Gasteiger charge is -2.16. The molecule has 5 nitrogen and oxygen atoms in total. The Morgan fingerprint density at radius 3 is 1.92 bits per heavy atom. The molecule has 0 fully saturated rings. The quantitative estimate of drug-likeness (QED) is 0.320. The van der Waals surface area contributed by atoms with Crippen LogP contribution in [0.4, 0.5) is 4.79 Å². The molecule has 4 aromatic carbocycles. The number of rotatable bonds is 8. The highest BCUT2D eigenvalue weighted by Crippen LogP contribution is 2.44. The molecule has 0 unspecified atom stereocenters. The van der Waals surface area contributed by atoms with Crippen molar-refractivity contribution in [2.45, 2.75) is 12.3 Å². The van der Waals surface area contributed by atoms with Gasteiger partial charge in [-0.1, -0.05) is 103 Å². The van der Waals surface area contributed by atoms with Gasteiger partial charge in [0.1, 0.15) is 6.61 Å². The van der Waals surface area contributed by atoms with E-state index < -0.39 is 18.0 Å². The summed E-state index contributed by atoms with van der Waals surface area (Å²) in [7, 11) is 0. The minimum Gasteiger partial charge on any atom is -0.481 e. The van der Waals surface area contributed by atoms with Crippen molar-refractivity contribution >= 4 is 12.1 Å². The summed E-state index contributed by atoms with van der Waals surface area (Å²) in [6.07, 6.45) is -0.295. The van der Waals surface area contributed by atoms with Crippen molar-refractivity contribution in [3.63, 3.8) is 0 Å². The highest BCUT2D eigenvalue weighted by Gasteiger charge is 2.29. The van der Waals surface area contributed by atoms with Gasteiger partial charge in [0.05, 0.1) is 5.92 Å². The SMILES string of the molecule is O=C(NC[C@@H](Cc1ccc(-c2ccccc2)cc1)C(=O)O)OCC1c2ccccc2-c2ccccc21. The molecule has 36 heavy (non-hydrogen) atoms. The van der Waals surface area contributed by atoms with Crippen LogP contribution >= 0.6 is 0 Å². The fourth-order valence-corrected chi connectivity index (χ4v) is 4.85. The Bertz CT molecular complexity index is 1320. The van der Waals surface area contributed by atoms with Crippen molar-refractivity contribution in [2.24, 2.45) is 5.92 Å². The second kappa shape index (κ2) is 10.5. The van der Waals surface area contributed by atoms with Crippen molar-refractivity contribution in [1.29, 1.82) is 0 Å². The first-order valence-corrected chi connectivity index (χ1v) is 12.1. The van der Waals surface area contributed by atoms with Crippen molar-refractivity contribution in [1.82, 2.24) is 5.32 Å². The summed E-state index contributed by atoms with van der Waals surface area (Å²) < 4.78 is 5.54. The lowest BCUT2D eigenvalue weighted by Crippen LogP contribution is -2.35. The zero-order chi connectivity index (χ0) is 24.9. The van der Waals surface area contributed by atoms with Crippen LogP contribution < -0.4 is 5.32 Å². The number of alkyl carbamates (subject to hydrolysis) is 1. The molecule has 0 aliphatic heterocycles. The summed E-state index contributed by atoms with van der Waals surface area (Å²) in [6.45, 7) is 0.186. The third kappa shape index (κ3) is 5.01. The van der Waals surface area contributed by atoms with Gasteiger partial charge in [0.15, 0.2) is 0 Å². The number of nitrogens with one attached hydrogen (secondary N) is 1. The summed E-state index contributed by atoms with van der Waals surface area (Å²) in [5.41, 5.74) is 7.66. The highest BCUT2D eigenvalue weighted by molar-refractivity contribution is 5.79. The molecular weight excluding hydrogens is 450 g/mol. The number of carboxylic acids is 1. The van der Waals surface area contributed by atoms with E-state index in [4.69, 9.17) is 4.74 Å². The average molecular weight is 478 g/mol. The Kier molecular flexibility index (Phi) is 6.80. The number of carbonyl (C=O) groups excluding carboxylic acids is 1. The fraction of sp³-hybridized carbons (Fsp3) is 0.161. The first kappa shape index (κ1) is 23.4. The van der Waals surface area contributed by atoms with Gasteiger partial charge >= 0.3 is 12.1 Å². The molecule has 2 N–H and O–H groups in total. The number of benzene rings is 4. The lowest BCUT2D eigenvalue weighted by atomic mass is 9.97. The third-order valence-electron chi connectivity index (χ3n) is 6.73. The van der Waals surface area contributed by atoms with E-state index in [0.717, 1.165) is 38.9 Å². The van der Waals surface area contributed by atoms with E-state index in [0.29, 0.717) is 6.42 Å². The predicted molar refractivity (Wildman–Crippen MR) is 140 cm³/mol. The van der Waals surface area contributed by atoms with Gasteiger partial charge in [-0.05, 0) is 45.4 Å². The number of ether oxygens (including phenoxy) is 1. The van der Waals surface area contributed by atoms with Crippen LogP contribution in [0.25, 0.3) is 22.3 Å². The van der Waals surface area contributed by atoms with Crippen LogP contribution in [0.1, 0.15) is 22.6 Å². The molecule has 180 valence electrons. The third-order valence-corrected chi connectivity index (χ3v) is 6.73. The minimum absolute atomic E-state index is 0.00750. The number of fused-ring (bicyclic) bond motifs is 3. The minimum atomic E-state index is -0.957. The van der Waals surface area contributed by atoms with Crippen molar-refractivity contribution < 1.29 is 19.4 Å². The Morgan fingerprint density at radius 2 is 1.31 bits per heavy atom. The number of aliphatic carboxylic acids is 1. The Hall–Kier alpha value is -4.38. The Morgan fingerprint density at radius 1 is 0.750 bits per heavy atom. The molecule has 1 atom stereocenters. The molecule has 0 heterocycles. The second-order valence-electron chi connectivity index (χ2n) is 9.01. The van der Waals surface area contributed by atoms with Gasteiger partial charge in [-0.2, -0.15) is 0 Å². The number of hydrogen-bond acceptors (Lipinski definition) is 3. The first-order valence-electron chi connectivity index (χ1n) is 12.1. The van der Waals surface area contributed by atoms with Crippen LogP contribution in [-0.2, 0) is 16.0 Å². The Labute approximate surface area is 210 Å². The van der Waals surface area contributed by atoms with Gasteiger partial charge in [-0.25, -0.2) is 4.79 Å². The fourth-order valence-electron chi connectivity index (χ4n) is 4.85. The first-order chi connectivity index (χ1) is 17.6. The van der Waals surface area contributed by atoms with E-state index in [9.17, 15) is 14.7 Å². The van der Waals surface area contributed by atoms with E-state index in [1.54, 1.807) is 0 Å². The maximum atomic E-state index is 12.5. The topological polar surface area (TPSA) is 75.6 Å². The molecule has 0 aromatic heterocycles. The van der Waals surface area contributed by atoms with E-state index in [-0.39, 0.29) is 19.1 Å². The normalized spacial score (nSPS) is 12.9. The Balaban J connectivity index is 1.17. The molecule has 5 rings (SSSR count). The van der Waals surface area contributed by atoms with Crippen molar-refractivity contribution in [3.05, 3.63) is 120 Å². The molecule has 4 aromatic rings. The molecule has 5 heteroatoms. The molecule has 0 radical (unpaired) electrons. The smallest absolute Gasteiger partial charge is 0.407 e. The summed E-state index contributed by atoms with van der Waals surface area (Å²) in [5, 5.41) is 12.4. The van der Waals surface area contributed by atoms with Gasteiger partial charge in [0, 0.05) is 12.5 Å².